The smallest absolute Gasteiger partial charge is 0.0149 e. The molecular formula is C9H10. The molecule has 2 aliphatic carbocycles. The molecule has 0 N–H and O–H groups in total. The van der Waals surface area contributed by atoms with Crippen LogP contribution in [0.3, 0.4) is 0 Å². The SMILES string of the molecule is C=CC1=CC2CC=C1C2. The number of fused-ring (bicyclic) bond motifs is 2. The van der Waals surface area contributed by atoms with Crippen molar-refractivity contribution in [2.75, 3.05) is 0 Å². The summed E-state index contributed by atoms with van der Waals surface area (Å²) in [7, 11) is 0. The third kappa shape index (κ3) is 0.593. The van der Waals surface area contributed by atoms with Gasteiger partial charge in [0, 0.05) is 0 Å². The summed E-state index contributed by atoms with van der Waals surface area (Å²) in [6.45, 7) is 3.75. The van der Waals surface area contributed by atoms with Gasteiger partial charge in [-0.05, 0) is 29.9 Å². The van der Waals surface area contributed by atoms with Gasteiger partial charge >= 0.3 is 0 Å². The van der Waals surface area contributed by atoms with E-state index in [0.717, 1.165) is 5.92 Å². The Kier molecular flexibility index (Phi) is 0.895. The molecule has 0 saturated carbocycles. The van der Waals surface area contributed by atoms with Gasteiger partial charge in [-0.1, -0.05) is 24.8 Å². The number of hydrogen-bond acceptors (Lipinski definition) is 0. The molecule has 0 radical (unpaired) electrons. The van der Waals surface area contributed by atoms with Crippen LogP contribution in [0.5, 0.6) is 0 Å². The zero-order chi connectivity index (χ0) is 6.27. The highest BCUT2D eigenvalue weighted by Crippen LogP contribution is 2.38. The van der Waals surface area contributed by atoms with E-state index in [1.54, 1.807) is 0 Å². The van der Waals surface area contributed by atoms with Crippen LogP contribution in [-0.2, 0) is 0 Å². The lowest BCUT2D eigenvalue weighted by molar-refractivity contribution is 0.729. The van der Waals surface area contributed by atoms with E-state index >= 15 is 0 Å². The van der Waals surface area contributed by atoms with Gasteiger partial charge in [0.15, 0.2) is 0 Å². The van der Waals surface area contributed by atoms with E-state index in [0.29, 0.717) is 0 Å². The maximum Gasteiger partial charge on any atom is -0.0149 e. The van der Waals surface area contributed by atoms with Crippen LogP contribution >= 0.6 is 0 Å². The summed E-state index contributed by atoms with van der Waals surface area (Å²) in [6, 6.07) is 0. The summed E-state index contributed by atoms with van der Waals surface area (Å²) in [4.78, 5) is 0. The van der Waals surface area contributed by atoms with Crippen LogP contribution in [0.25, 0.3) is 0 Å². The summed E-state index contributed by atoms with van der Waals surface area (Å²) in [6.07, 6.45) is 9.18. The molecule has 0 heterocycles. The van der Waals surface area contributed by atoms with E-state index in [4.69, 9.17) is 0 Å². The van der Waals surface area contributed by atoms with Crippen molar-refractivity contribution in [2.24, 2.45) is 5.92 Å². The molecule has 2 bridgehead atoms. The molecule has 1 unspecified atom stereocenters. The highest BCUT2D eigenvalue weighted by molar-refractivity contribution is 5.47. The fraction of sp³-hybridized carbons (Fsp3) is 0.333. The molecule has 0 fully saturated rings. The molecule has 0 amide bonds. The van der Waals surface area contributed by atoms with Gasteiger partial charge in [-0.3, -0.25) is 0 Å². The van der Waals surface area contributed by atoms with E-state index in [-0.39, 0.29) is 0 Å². The van der Waals surface area contributed by atoms with Crippen molar-refractivity contribution in [1.29, 1.82) is 0 Å². The van der Waals surface area contributed by atoms with Crippen molar-refractivity contribution >= 4 is 0 Å². The van der Waals surface area contributed by atoms with Gasteiger partial charge in [0.25, 0.3) is 0 Å². The first-order valence-corrected chi connectivity index (χ1v) is 3.44. The Morgan fingerprint density at radius 1 is 1.67 bits per heavy atom. The second-order valence-electron chi connectivity index (χ2n) is 2.76. The molecule has 9 heavy (non-hydrogen) atoms. The Bertz CT molecular complexity index is 206. The first kappa shape index (κ1) is 5.04. The van der Waals surface area contributed by atoms with Crippen molar-refractivity contribution in [3.05, 3.63) is 36.0 Å². The zero-order valence-corrected chi connectivity index (χ0v) is 5.43. The van der Waals surface area contributed by atoms with Crippen LogP contribution in [-0.4, -0.2) is 0 Å². The van der Waals surface area contributed by atoms with Crippen LogP contribution < -0.4 is 0 Å². The summed E-state index contributed by atoms with van der Waals surface area (Å²) >= 11 is 0. The molecule has 0 heteroatoms. The minimum absolute atomic E-state index is 0.827. The summed E-state index contributed by atoms with van der Waals surface area (Å²) < 4.78 is 0. The van der Waals surface area contributed by atoms with Gasteiger partial charge in [-0.2, -0.15) is 0 Å². The van der Waals surface area contributed by atoms with Crippen molar-refractivity contribution in [3.8, 4) is 0 Å². The van der Waals surface area contributed by atoms with Gasteiger partial charge < -0.3 is 0 Å². The third-order valence-electron chi connectivity index (χ3n) is 2.16. The molecule has 0 aromatic heterocycles. The van der Waals surface area contributed by atoms with E-state index in [9.17, 15) is 0 Å². The van der Waals surface area contributed by atoms with E-state index < -0.39 is 0 Å². The largest absolute Gasteiger partial charge is 0.0985 e. The predicted molar refractivity (Wildman–Crippen MR) is 39.1 cm³/mol. The summed E-state index contributed by atoms with van der Waals surface area (Å²) in [5, 5.41) is 0. The van der Waals surface area contributed by atoms with E-state index in [1.165, 1.54) is 24.0 Å². The first-order chi connectivity index (χ1) is 4.40. The standard InChI is InChI=1S/C9H10/c1-2-8-5-7-3-4-9(8)6-7/h2,4-5,7H,1,3,6H2. The molecule has 46 valence electrons. The molecule has 2 aliphatic rings. The van der Waals surface area contributed by atoms with Crippen molar-refractivity contribution < 1.29 is 0 Å². The van der Waals surface area contributed by atoms with Crippen LogP contribution in [0.15, 0.2) is 36.0 Å². The van der Waals surface area contributed by atoms with Crippen LogP contribution in [0.2, 0.25) is 0 Å². The lowest BCUT2D eigenvalue weighted by Crippen LogP contribution is -1.82. The fourth-order valence-corrected chi connectivity index (χ4v) is 1.67. The Morgan fingerprint density at radius 3 is 2.89 bits per heavy atom. The maximum absolute atomic E-state index is 3.75. The lowest BCUT2D eigenvalue weighted by atomic mass is 10.1. The molecule has 0 aromatic carbocycles. The van der Waals surface area contributed by atoms with Crippen molar-refractivity contribution in [2.45, 2.75) is 12.8 Å². The number of rotatable bonds is 1. The van der Waals surface area contributed by atoms with Gasteiger partial charge in [0.1, 0.15) is 0 Å². The third-order valence-corrected chi connectivity index (χ3v) is 2.16. The van der Waals surface area contributed by atoms with E-state index in [1.807, 2.05) is 6.08 Å². The topological polar surface area (TPSA) is 0 Å². The minimum Gasteiger partial charge on any atom is -0.0985 e. The minimum atomic E-state index is 0.827. The number of allylic oxidation sites excluding steroid dienone is 5. The normalized spacial score (nSPS) is 30.0. The average molecular weight is 118 g/mol. The molecule has 0 nitrogen and oxygen atoms in total. The zero-order valence-electron chi connectivity index (χ0n) is 5.43. The molecule has 0 spiro atoms. The molecule has 0 aromatic rings. The lowest BCUT2D eigenvalue weighted by Gasteiger charge is -1.97. The van der Waals surface area contributed by atoms with Gasteiger partial charge in [-0.15, -0.1) is 0 Å². The molecule has 0 aliphatic heterocycles. The van der Waals surface area contributed by atoms with Crippen molar-refractivity contribution in [1.82, 2.24) is 0 Å². The molecule has 2 rings (SSSR count). The predicted octanol–water partition coefficient (Wildman–Crippen LogP) is 2.45. The Labute approximate surface area is 55.6 Å². The maximum atomic E-state index is 3.75. The van der Waals surface area contributed by atoms with Crippen molar-refractivity contribution in [3.63, 3.8) is 0 Å². The number of hydrogen-bond donors (Lipinski definition) is 0. The fourth-order valence-electron chi connectivity index (χ4n) is 1.67. The Balaban J connectivity index is 2.39. The Morgan fingerprint density at radius 2 is 2.56 bits per heavy atom. The molecule has 1 atom stereocenters. The molecule has 0 saturated heterocycles. The van der Waals surface area contributed by atoms with E-state index in [2.05, 4.69) is 18.7 Å². The summed E-state index contributed by atoms with van der Waals surface area (Å²) in [5.41, 5.74) is 2.90. The van der Waals surface area contributed by atoms with Gasteiger partial charge in [0.05, 0.1) is 0 Å². The van der Waals surface area contributed by atoms with Crippen LogP contribution in [0, 0.1) is 5.92 Å². The van der Waals surface area contributed by atoms with Gasteiger partial charge in [-0.25, -0.2) is 0 Å². The highest BCUT2D eigenvalue weighted by Gasteiger charge is 2.22. The second-order valence-corrected chi connectivity index (χ2v) is 2.76. The monoisotopic (exact) mass is 118 g/mol. The average Bonchev–Trinajstić information content (AvgIpc) is 2.45. The summed E-state index contributed by atoms with van der Waals surface area (Å²) in [5.74, 6) is 0.827. The quantitative estimate of drug-likeness (QED) is 0.496. The highest BCUT2D eigenvalue weighted by atomic mass is 14.3. The second kappa shape index (κ2) is 1.60. The first-order valence-electron chi connectivity index (χ1n) is 3.44. The van der Waals surface area contributed by atoms with Crippen LogP contribution in [0.4, 0.5) is 0 Å². The Hall–Kier alpha value is -0.780. The van der Waals surface area contributed by atoms with Crippen LogP contribution in [0.1, 0.15) is 12.8 Å². The van der Waals surface area contributed by atoms with Gasteiger partial charge in [0.2, 0.25) is 0 Å². The molecular weight excluding hydrogens is 108 g/mol.